The Morgan fingerprint density at radius 2 is 1.80 bits per heavy atom. The minimum Gasteiger partial charge on any atom is -0.495 e. The molecule has 4 rings (SSSR count). The number of carbonyl (C=O) groups excluding carboxylic acids is 1. The summed E-state index contributed by atoms with van der Waals surface area (Å²) in [6.45, 7) is 0.476. The number of benzene rings is 2. The average molecular weight is 650 g/mol. The van der Waals surface area contributed by atoms with E-state index in [1.165, 1.54) is 56.4 Å². The highest BCUT2D eigenvalue weighted by atomic mass is 31.2. The minimum atomic E-state index is -4.85. The van der Waals surface area contributed by atoms with E-state index < -0.39 is 37.2 Å². The minimum absolute atomic E-state index is 0.00353. The summed E-state index contributed by atoms with van der Waals surface area (Å²) in [5.74, 6) is -1.21. The van der Waals surface area contributed by atoms with Gasteiger partial charge in [0.15, 0.2) is 0 Å². The van der Waals surface area contributed by atoms with E-state index in [0.717, 1.165) is 0 Å². The second-order valence-electron chi connectivity index (χ2n) is 10.1. The molecule has 0 unspecified atom stereocenters. The predicted molar refractivity (Wildman–Crippen MR) is 160 cm³/mol. The third-order valence-corrected chi connectivity index (χ3v) is 7.19. The van der Waals surface area contributed by atoms with Crippen LogP contribution in [0.5, 0.6) is 5.75 Å². The van der Waals surface area contributed by atoms with Crippen LogP contribution in [0.3, 0.4) is 0 Å². The van der Waals surface area contributed by atoms with Crippen LogP contribution < -0.4 is 15.4 Å². The van der Waals surface area contributed by atoms with Gasteiger partial charge in [0, 0.05) is 45.2 Å². The molecule has 1 amide bonds. The highest BCUT2D eigenvalue weighted by Crippen LogP contribution is 2.41. The molecule has 5 N–H and O–H groups in total. The number of nitrogens with one attached hydrogen (secondary N) is 2. The molecule has 0 spiro atoms. The first-order valence-electron chi connectivity index (χ1n) is 13.4. The fraction of sp³-hybridized carbons (Fsp3) is 0.286. The second-order valence-corrected chi connectivity index (χ2v) is 11.7. The fourth-order valence-electron chi connectivity index (χ4n) is 4.29. The van der Waals surface area contributed by atoms with E-state index in [4.69, 9.17) is 9.84 Å². The van der Waals surface area contributed by atoms with Gasteiger partial charge in [-0.25, -0.2) is 4.98 Å². The standard InChI is InChI=1S/C28H31F3N7O6P/c1-37(2)26(40)20-12-18(19-13-33-38(15-19)9-4-10-39)6-8-22(20)34-25-21(28(29,30)31)14-32-27(36-25)35-23-7-5-17(11-24(23)44-3)16-45(41,42)43/h5-8,11-15,39H,4,9-10,16H2,1-3H3,(H2,41,42,43)(H2,32,34,35,36). The van der Waals surface area contributed by atoms with E-state index in [-0.39, 0.29) is 40.8 Å². The number of hydrogen-bond donors (Lipinski definition) is 5. The van der Waals surface area contributed by atoms with Crippen molar-refractivity contribution in [1.82, 2.24) is 24.6 Å². The number of aromatic nitrogens is 4. The highest BCUT2D eigenvalue weighted by molar-refractivity contribution is 7.50. The van der Waals surface area contributed by atoms with E-state index in [9.17, 15) is 32.3 Å². The maximum atomic E-state index is 14.0. The van der Waals surface area contributed by atoms with Crippen molar-refractivity contribution in [2.24, 2.45) is 0 Å². The maximum absolute atomic E-state index is 14.0. The van der Waals surface area contributed by atoms with Crippen molar-refractivity contribution in [2.75, 3.05) is 38.4 Å². The number of amides is 1. The lowest BCUT2D eigenvalue weighted by Gasteiger charge is -2.19. The number of nitrogens with zero attached hydrogens (tertiary/aromatic N) is 5. The van der Waals surface area contributed by atoms with E-state index in [1.807, 2.05) is 0 Å². The molecular formula is C28H31F3N7O6P. The molecule has 0 saturated heterocycles. The van der Waals surface area contributed by atoms with Gasteiger partial charge in [0.05, 0.1) is 36.4 Å². The molecule has 0 aliphatic heterocycles. The first-order chi connectivity index (χ1) is 21.2. The van der Waals surface area contributed by atoms with Crippen LogP contribution in [0.2, 0.25) is 0 Å². The van der Waals surface area contributed by atoms with Gasteiger partial charge in [-0.1, -0.05) is 12.1 Å². The molecule has 0 bridgehead atoms. The number of anilines is 4. The number of alkyl halides is 3. The molecule has 2 heterocycles. The van der Waals surface area contributed by atoms with Crippen LogP contribution in [-0.4, -0.2) is 73.3 Å². The SMILES string of the molecule is COc1cc(CP(=O)(O)O)ccc1Nc1ncc(C(F)(F)F)c(Nc2ccc(-c3cnn(CCCO)c3)cc2C(=O)N(C)C)n1. The Labute approximate surface area is 255 Å². The zero-order valence-corrected chi connectivity index (χ0v) is 25.3. The molecule has 2 aromatic carbocycles. The third-order valence-electron chi connectivity index (χ3n) is 6.42. The van der Waals surface area contributed by atoms with Crippen molar-refractivity contribution in [3.05, 3.63) is 71.7 Å². The molecule has 240 valence electrons. The summed E-state index contributed by atoms with van der Waals surface area (Å²) >= 11 is 0. The lowest BCUT2D eigenvalue weighted by Crippen LogP contribution is -2.23. The molecule has 0 aliphatic carbocycles. The van der Waals surface area contributed by atoms with Crippen LogP contribution in [0, 0.1) is 0 Å². The van der Waals surface area contributed by atoms with E-state index >= 15 is 0 Å². The molecule has 0 radical (unpaired) electrons. The summed E-state index contributed by atoms with van der Waals surface area (Å²) in [5.41, 5.74) is 0.706. The van der Waals surface area contributed by atoms with Crippen LogP contribution in [0.4, 0.5) is 36.3 Å². The zero-order chi connectivity index (χ0) is 32.9. The number of ether oxygens (including phenoxy) is 1. The first-order valence-corrected chi connectivity index (χ1v) is 15.2. The second kappa shape index (κ2) is 13.6. The normalized spacial score (nSPS) is 11.8. The maximum Gasteiger partial charge on any atom is 0.421 e. The topological polar surface area (TPSA) is 175 Å². The molecule has 0 fully saturated rings. The van der Waals surface area contributed by atoms with Crippen molar-refractivity contribution < 1.29 is 42.2 Å². The van der Waals surface area contributed by atoms with Crippen molar-refractivity contribution in [2.45, 2.75) is 25.3 Å². The van der Waals surface area contributed by atoms with Crippen molar-refractivity contribution >= 4 is 36.6 Å². The Bertz CT molecular complexity index is 1730. The number of carbonyl (C=O) groups is 1. The summed E-state index contributed by atoms with van der Waals surface area (Å²) < 4.78 is 60.5. The Kier molecular flexibility index (Phi) is 10.1. The number of methoxy groups -OCH3 is 1. The Morgan fingerprint density at radius 3 is 2.44 bits per heavy atom. The first kappa shape index (κ1) is 33.4. The predicted octanol–water partition coefficient (Wildman–Crippen LogP) is 4.62. The summed E-state index contributed by atoms with van der Waals surface area (Å²) in [7, 11) is -0.0187. The lowest BCUT2D eigenvalue weighted by molar-refractivity contribution is -0.137. The molecule has 4 aromatic rings. The molecule has 0 saturated carbocycles. The van der Waals surface area contributed by atoms with E-state index in [0.29, 0.717) is 30.3 Å². The van der Waals surface area contributed by atoms with Crippen LogP contribution in [-0.2, 0) is 23.4 Å². The third kappa shape index (κ3) is 8.57. The number of rotatable bonds is 12. The smallest absolute Gasteiger partial charge is 0.421 e. The Morgan fingerprint density at radius 1 is 1.07 bits per heavy atom. The van der Waals surface area contributed by atoms with Gasteiger partial charge in [-0.05, 0) is 41.8 Å². The molecule has 2 aromatic heterocycles. The van der Waals surface area contributed by atoms with Gasteiger partial charge in [0.1, 0.15) is 17.1 Å². The molecular weight excluding hydrogens is 618 g/mol. The summed E-state index contributed by atoms with van der Waals surface area (Å²) in [4.78, 5) is 40.8. The van der Waals surface area contributed by atoms with Crippen LogP contribution in [0.25, 0.3) is 11.1 Å². The van der Waals surface area contributed by atoms with Gasteiger partial charge >= 0.3 is 13.8 Å². The largest absolute Gasteiger partial charge is 0.495 e. The highest BCUT2D eigenvalue weighted by Gasteiger charge is 2.36. The summed E-state index contributed by atoms with van der Waals surface area (Å²) in [6.07, 6.45) is -0.972. The average Bonchev–Trinajstić information content (AvgIpc) is 3.44. The van der Waals surface area contributed by atoms with Crippen molar-refractivity contribution in [3.63, 3.8) is 0 Å². The van der Waals surface area contributed by atoms with E-state index in [1.54, 1.807) is 23.1 Å². The van der Waals surface area contributed by atoms with Gasteiger partial charge in [-0.2, -0.15) is 23.3 Å². The number of aryl methyl sites for hydroxylation is 1. The molecule has 17 heteroatoms. The summed E-state index contributed by atoms with van der Waals surface area (Å²) in [5, 5.41) is 18.8. The number of hydrogen-bond acceptors (Lipinski definition) is 9. The lowest BCUT2D eigenvalue weighted by atomic mass is 10.0. The summed E-state index contributed by atoms with van der Waals surface area (Å²) in [6, 6.07) is 8.85. The van der Waals surface area contributed by atoms with Gasteiger partial charge < -0.3 is 35.2 Å². The Hall–Kier alpha value is -4.50. The van der Waals surface area contributed by atoms with Crippen LogP contribution >= 0.6 is 7.60 Å². The van der Waals surface area contributed by atoms with Crippen LogP contribution in [0.15, 0.2) is 55.0 Å². The van der Waals surface area contributed by atoms with Gasteiger partial charge in [-0.3, -0.25) is 14.0 Å². The number of halogens is 3. The monoisotopic (exact) mass is 649 g/mol. The fourth-order valence-corrected chi connectivity index (χ4v) is 4.96. The molecule has 13 nitrogen and oxygen atoms in total. The number of aliphatic hydroxyl groups is 1. The quantitative estimate of drug-likeness (QED) is 0.136. The molecule has 0 atom stereocenters. The molecule has 0 aliphatic rings. The Balaban J connectivity index is 1.71. The molecule has 45 heavy (non-hydrogen) atoms. The van der Waals surface area contributed by atoms with Gasteiger partial charge in [-0.15, -0.1) is 0 Å². The van der Waals surface area contributed by atoms with E-state index in [2.05, 4.69) is 25.7 Å². The number of aliphatic hydroxyl groups excluding tert-OH is 1. The van der Waals surface area contributed by atoms with Crippen LogP contribution in [0.1, 0.15) is 27.9 Å². The van der Waals surface area contributed by atoms with Crippen molar-refractivity contribution in [3.8, 4) is 16.9 Å². The zero-order valence-electron chi connectivity index (χ0n) is 24.4. The van der Waals surface area contributed by atoms with Gasteiger partial charge in [0.2, 0.25) is 5.95 Å². The van der Waals surface area contributed by atoms with Crippen molar-refractivity contribution in [1.29, 1.82) is 0 Å². The van der Waals surface area contributed by atoms with Gasteiger partial charge in [0.25, 0.3) is 5.91 Å².